The van der Waals surface area contributed by atoms with Crippen molar-refractivity contribution in [3.63, 3.8) is 0 Å². The molecule has 196 valence electrons. The first kappa shape index (κ1) is 26.4. The molecule has 1 aliphatic heterocycles. The number of hydrogen-bond acceptors (Lipinski definition) is 6. The third-order valence-electron chi connectivity index (χ3n) is 6.98. The van der Waals surface area contributed by atoms with Gasteiger partial charge in [-0.3, -0.25) is 14.0 Å². The van der Waals surface area contributed by atoms with Crippen molar-refractivity contribution in [3.8, 4) is 5.75 Å². The van der Waals surface area contributed by atoms with Gasteiger partial charge >= 0.3 is 0 Å². The van der Waals surface area contributed by atoms with Gasteiger partial charge < -0.3 is 19.6 Å². The lowest BCUT2D eigenvalue weighted by Crippen LogP contribution is -2.38. The molecule has 2 aromatic heterocycles. The fourth-order valence-electron chi connectivity index (χ4n) is 4.85. The maximum Gasteiger partial charge on any atom is 0.295 e. The van der Waals surface area contributed by atoms with Gasteiger partial charge in [0.2, 0.25) is 0 Å². The van der Waals surface area contributed by atoms with E-state index in [-0.39, 0.29) is 11.3 Å². The van der Waals surface area contributed by atoms with Crippen LogP contribution in [-0.4, -0.2) is 68.8 Å². The molecular formula is C29H36N4O4. The highest BCUT2D eigenvalue weighted by atomic mass is 16.5. The summed E-state index contributed by atoms with van der Waals surface area (Å²) in [6.07, 6.45) is 3.80. The quantitative estimate of drug-likeness (QED) is 0.178. The molecule has 0 bridgehead atoms. The number of amides is 1. The van der Waals surface area contributed by atoms with Crippen LogP contribution in [-0.2, 0) is 9.59 Å². The predicted octanol–water partition coefficient (Wildman–Crippen LogP) is 4.59. The number of nitrogens with zero attached hydrogens (tertiary/aromatic N) is 4. The maximum atomic E-state index is 13.4. The number of ketones is 1. The monoisotopic (exact) mass is 504 g/mol. The molecule has 0 saturated carbocycles. The van der Waals surface area contributed by atoms with Crippen LogP contribution in [0.3, 0.4) is 0 Å². The highest BCUT2D eigenvalue weighted by Gasteiger charge is 2.46. The number of likely N-dealkylation sites (N-methyl/N-ethyl adjacent to an activating group) is 1. The summed E-state index contributed by atoms with van der Waals surface area (Å²) in [6, 6.07) is 12.3. The molecule has 0 spiro atoms. The average Bonchev–Trinajstić information content (AvgIpc) is 3.37. The van der Waals surface area contributed by atoms with Crippen molar-refractivity contribution in [2.24, 2.45) is 0 Å². The zero-order valence-electron chi connectivity index (χ0n) is 22.1. The molecule has 0 aliphatic carbocycles. The predicted molar refractivity (Wildman–Crippen MR) is 144 cm³/mol. The standard InChI is InChI=1S/C29H36N4O4/c1-5-8-19-37-22-14-12-21(13-15-22)26-24(28(35)29(36)33(26)18-17-31(6-2)7-3)27(34)25-20(4)30-23-11-9-10-16-32(23)25/h9-16,26,34H,5-8,17-19H2,1-4H3/b27-24+. The Balaban J connectivity index is 1.80. The number of carbonyl (C=O) groups is 2. The summed E-state index contributed by atoms with van der Waals surface area (Å²) >= 11 is 0. The summed E-state index contributed by atoms with van der Waals surface area (Å²) < 4.78 is 7.56. The summed E-state index contributed by atoms with van der Waals surface area (Å²) in [7, 11) is 0. The van der Waals surface area contributed by atoms with Crippen LogP contribution in [0.1, 0.15) is 56.6 Å². The summed E-state index contributed by atoms with van der Waals surface area (Å²) in [4.78, 5) is 35.1. The Bertz CT molecular complexity index is 1290. The number of ether oxygens (including phenoxy) is 1. The first-order valence-corrected chi connectivity index (χ1v) is 13.1. The molecule has 1 aromatic carbocycles. The summed E-state index contributed by atoms with van der Waals surface area (Å²) in [6.45, 7) is 11.4. The van der Waals surface area contributed by atoms with Crippen LogP contribution in [0.5, 0.6) is 5.75 Å². The van der Waals surface area contributed by atoms with E-state index in [0.717, 1.165) is 37.2 Å². The van der Waals surface area contributed by atoms with Gasteiger partial charge in [0.05, 0.1) is 23.9 Å². The molecule has 3 aromatic rings. The Morgan fingerprint density at radius 1 is 1.08 bits per heavy atom. The minimum atomic E-state index is -0.714. The van der Waals surface area contributed by atoms with Crippen LogP contribution in [0.2, 0.25) is 0 Å². The van der Waals surface area contributed by atoms with Crippen LogP contribution >= 0.6 is 0 Å². The van der Waals surface area contributed by atoms with E-state index in [1.807, 2.05) is 42.5 Å². The SMILES string of the molecule is CCCCOc1ccc(C2/C(=C(\O)c3c(C)nc4ccccn34)C(=O)C(=O)N2CCN(CC)CC)cc1. The molecule has 1 amide bonds. The number of benzene rings is 1. The zero-order chi connectivity index (χ0) is 26.5. The van der Waals surface area contributed by atoms with Crippen molar-refractivity contribution in [1.82, 2.24) is 19.2 Å². The highest BCUT2D eigenvalue weighted by molar-refractivity contribution is 6.46. The molecule has 8 nitrogen and oxygen atoms in total. The molecular weight excluding hydrogens is 468 g/mol. The Labute approximate surface area is 218 Å². The lowest BCUT2D eigenvalue weighted by atomic mass is 9.96. The third-order valence-corrected chi connectivity index (χ3v) is 6.98. The number of Topliss-reactive ketones (excluding diaryl/α,β-unsaturated/α-hetero) is 1. The fourth-order valence-corrected chi connectivity index (χ4v) is 4.85. The molecule has 0 radical (unpaired) electrons. The minimum Gasteiger partial charge on any atom is -0.505 e. The van der Waals surface area contributed by atoms with E-state index in [4.69, 9.17) is 4.74 Å². The molecule has 1 aliphatic rings. The molecule has 4 rings (SSSR count). The second-order valence-electron chi connectivity index (χ2n) is 9.27. The van der Waals surface area contributed by atoms with Crippen LogP contribution in [0.4, 0.5) is 0 Å². The first-order valence-electron chi connectivity index (χ1n) is 13.1. The zero-order valence-corrected chi connectivity index (χ0v) is 22.1. The number of pyridine rings is 1. The van der Waals surface area contributed by atoms with Crippen LogP contribution in [0.15, 0.2) is 54.2 Å². The van der Waals surface area contributed by atoms with Gasteiger partial charge in [-0.1, -0.05) is 45.4 Å². The Morgan fingerprint density at radius 2 is 1.81 bits per heavy atom. The van der Waals surface area contributed by atoms with Crippen LogP contribution < -0.4 is 4.74 Å². The molecule has 1 saturated heterocycles. The van der Waals surface area contributed by atoms with Crippen molar-refractivity contribution in [3.05, 3.63) is 71.2 Å². The van der Waals surface area contributed by atoms with E-state index in [1.165, 1.54) is 0 Å². The molecule has 3 heterocycles. The number of unbranched alkanes of at least 4 members (excludes halogenated alkanes) is 1. The summed E-state index contributed by atoms with van der Waals surface area (Å²) in [5, 5.41) is 11.6. The number of aliphatic hydroxyl groups is 1. The van der Waals surface area contributed by atoms with Crippen molar-refractivity contribution in [1.29, 1.82) is 0 Å². The second kappa shape index (κ2) is 11.6. The van der Waals surface area contributed by atoms with Gasteiger partial charge in [0, 0.05) is 19.3 Å². The van der Waals surface area contributed by atoms with Crippen molar-refractivity contribution in [2.75, 3.05) is 32.8 Å². The number of imidazole rings is 1. The summed E-state index contributed by atoms with van der Waals surface area (Å²) in [5.74, 6) is -0.771. The smallest absolute Gasteiger partial charge is 0.295 e. The van der Waals surface area contributed by atoms with Crippen LogP contribution in [0, 0.1) is 6.92 Å². The number of likely N-dealkylation sites (tertiary alicyclic amines) is 1. The van der Waals surface area contributed by atoms with E-state index in [0.29, 0.717) is 36.7 Å². The largest absolute Gasteiger partial charge is 0.505 e. The average molecular weight is 505 g/mol. The van der Waals surface area contributed by atoms with Crippen molar-refractivity contribution in [2.45, 2.75) is 46.6 Å². The highest BCUT2D eigenvalue weighted by Crippen LogP contribution is 2.40. The Kier molecular flexibility index (Phi) is 8.28. The third kappa shape index (κ3) is 5.25. The van der Waals surface area contributed by atoms with Gasteiger partial charge in [-0.25, -0.2) is 4.98 Å². The van der Waals surface area contributed by atoms with Gasteiger partial charge in [0.15, 0.2) is 5.76 Å². The lowest BCUT2D eigenvalue weighted by molar-refractivity contribution is -0.140. The van der Waals surface area contributed by atoms with Gasteiger partial charge in [-0.2, -0.15) is 0 Å². The normalized spacial score (nSPS) is 17.3. The molecule has 1 unspecified atom stereocenters. The Morgan fingerprint density at radius 3 is 2.49 bits per heavy atom. The van der Waals surface area contributed by atoms with Gasteiger partial charge in [0.25, 0.3) is 11.7 Å². The van der Waals surface area contributed by atoms with E-state index >= 15 is 0 Å². The molecule has 8 heteroatoms. The van der Waals surface area contributed by atoms with E-state index in [9.17, 15) is 14.7 Å². The number of rotatable bonds is 11. The first-order chi connectivity index (χ1) is 17.9. The Hall–Kier alpha value is -3.65. The van der Waals surface area contributed by atoms with E-state index < -0.39 is 17.7 Å². The molecule has 1 atom stereocenters. The molecule has 1 N–H and O–H groups in total. The number of fused-ring (bicyclic) bond motifs is 1. The van der Waals surface area contributed by atoms with Crippen LogP contribution in [0.25, 0.3) is 11.4 Å². The number of aromatic nitrogens is 2. The van der Waals surface area contributed by atoms with E-state index in [2.05, 4.69) is 30.7 Å². The topological polar surface area (TPSA) is 87.4 Å². The van der Waals surface area contributed by atoms with Crippen molar-refractivity contribution >= 4 is 23.1 Å². The second-order valence-corrected chi connectivity index (χ2v) is 9.27. The maximum absolute atomic E-state index is 13.4. The number of aryl methyl sites for hydroxylation is 1. The van der Waals surface area contributed by atoms with Gasteiger partial charge in [-0.05, 0) is 56.3 Å². The van der Waals surface area contributed by atoms with E-state index in [1.54, 1.807) is 22.4 Å². The number of carbonyl (C=O) groups excluding carboxylic acids is 2. The molecule has 1 fully saturated rings. The van der Waals surface area contributed by atoms with Crippen molar-refractivity contribution < 1.29 is 19.4 Å². The number of aliphatic hydroxyl groups excluding tert-OH is 1. The fraction of sp³-hybridized carbons (Fsp3) is 0.414. The minimum absolute atomic E-state index is 0.0814. The molecule has 37 heavy (non-hydrogen) atoms. The van der Waals surface area contributed by atoms with Gasteiger partial charge in [0.1, 0.15) is 17.1 Å². The lowest BCUT2D eigenvalue weighted by Gasteiger charge is -2.28. The summed E-state index contributed by atoms with van der Waals surface area (Å²) in [5.41, 5.74) is 2.48. The number of hydrogen-bond donors (Lipinski definition) is 1. The van der Waals surface area contributed by atoms with Gasteiger partial charge in [-0.15, -0.1) is 0 Å².